The molecule has 142 valence electrons. The molecule has 8 nitrogen and oxygen atoms in total. The van der Waals surface area contributed by atoms with E-state index in [1.54, 1.807) is 30.3 Å². The molecule has 0 bridgehead atoms. The smallest absolute Gasteiger partial charge is 0.413 e. The normalized spacial score (nSPS) is 12.4. The van der Waals surface area contributed by atoms with Crippen molar-refractivity contribution in [1.82, 2.24) is 10.6 Å². The van der Waals surface area contributed by atoms with Gasteiger partial charge in [-0.15, -0.1) is 0 Å². The van der Waals surface area contributed by atoms with Gasteiger partial charge in [0, 0.05) is 5.56 Å². The van der Waals surface area contributed by atoms with Crippen molar-refractivity contribution < 1.29 is 28.7 Å². The van der Waals surface area contributed by atoms with Crippen molar-refractivity contribution in [3.05, 3.63) is 35.9 Å². The van der Waals surface area contributed by atoms with Crippen LogP contribution in [0.1, 0.15) is 23.7 Å². The van der Waals surface area contributed by atoms with Crippen molar-refractivity contribution in [3.63, 3.8) is 0 Å². The van der Waals surface area contributed by atoms with Crippen molar-refractivity contribution in [1.29, 1.82) is 0 Å². The van der Waals surface area contributed by atoms with E-state index in [-0.39, 0.29) is 0 Å². The summed E-state index contributed by atoms with van der Waals surface area (Å²) in [7, 11) is 1.11. The van der Waals surface area contributed by atoms with Crippen LogP contribution in [0, 0.1) is 0 Å². The van der Waals surface area contributed by atoms with E-state index in [9.17, 15) is 19.2 Å². The van der Waals surface area contributed by atoms with Gasteiger partial charge >= 0.3 is 12.1 Å². The Morgan fingerprint density at radius 1 is 1.15 bits per heavy atom. The minimum atomic E-state index is -1.22. The summed E-state index contributed by atoms with van der Waals surface area (Å²) in [5.74, 6) is -1.38. The van der Waals surface area contributed by atoms with Gasteiger partial charge in [0.2, 0.25) is 0 Å². The van der Waals surface area contributed by atoms with Crippen LogP contribution in [0.3, 0.4) is 0 Å². The third-order valence-corrected chi connectivity index (χ3v) is 3.95. The molecule has 0 spiro atoms. The summed E-state index contributed by atoms with van der Waals surface area (Å²) < 4.78 is 9.38. The number of rotatable bonds is 8. The van der Waals surface area contributed by atoms with Gasteiger partial charge < -0.3 is 14.8 Å². The number of amides is 3. The lowest BCUT2D eigenvalue weighted by Gasteiger charge is -2.20. The van der Waals surface area contributed by atoms with Crippen LogP contribution in [0.5, 0.6) is 0 Å². The Bertz CT molecular complexity index is 637. The van der Waals surface area contributed by atoms with Crippen LogP contribution < -0.4 is 10.6 Å². The minimum absolute atomic E-state index is 0.337. The fraction of sp³-hybridized carbons (Fsp3) is 0.412. The maximum absolute atomic E-state index is 12.3. The second-order valence-electron chi connectivity index (χ2n) is 5.23. The van der Waals surface area contributed by atoms with Gasteiger partial charge in [0.05, 0.1) is 7.11 Å². The Morgan fingerprint density at radius 2 is 1.81 bits per heavy atom. The third-order valence-electron chi connectivity index (χ3n) is 3.31. The first-order chi connectivity index (χ1) is 12.4. The van der Waals surface area contributed by atoms with E-state index in [0.717, 1.165) is 7.11 Å². The number of carbonyl (C=O) groups excluding carboxylic acids is 4. The average molecular weight is 382 g/mol. The molecule has 9 heteroatoms. The highest BCUT2D eigenvalue weighted by molar-refractivity contribution is 7.98. The van der Waals surface area contributed by atoms with Gasteiger partial charge in [0.25, 0.3) is 11.8 Å². The molecule has 0 aliphatic rings. The maximum atomic E-state index is 12.3. The summed E-state index contributed by atoms with van der Waals surface area (Å²) in [5.41, 5.74) is 0.408. The summed E-state index contributed by atoms with van der Waals surface area (Å²) in [6, 6.07) is 7.53. The summed E-state index contributed by atoms with van der Waals surface area (Å²) in [4.78, 5) is 47.4. The van der Waals surface area contributed by atoms with E-state index >= 15 is 0 Å². The number of nitrogens with one attached hydrogen (secondary N) is 2. The fourth-order valence-corrected chi connectivity index (χ4v) is 2.35. The summed E-state index contributed by atoms with van der Waals surface area (Å²) >= 11 is 1.51. The molecule has 0 aliphatic carbocycles. The molecule has 2 atom stereocenters. The molecule has 2 N–H and O–H groups in total. The van der Waals surface area contributed by atoms with Gasteiger partial charge in [0.15, 0.2) is 6.10 Å². The molecule has 0 heterocycles. The standard InChI is InChI=1S/C17H22N2O6S/c1-11(14(20)19-17(23)24-2)25-16(22)13(9-10-26-3)18-15(21)12-7-5-4-6-8-12/h4-8,11,13H,9-10H2,1-3H3,(H,18,21)(H,19,20,23)/t11-,13+/m0/s1. The largest absolute Gasteiger partial charge is 0.453 e. The SMILES string of the molecule is COC(=O)NC(=O)[C@H](C)OC(=O)[C@@H](CCSC)NC(=O)c1ccccc1. The van der Waals surface area contributed by atoms with Gasteiger partial charge in [-0.1, -0.05) is 18.2 Å². The molecule has 0 saturated heterocycles. The molecule has 0 saturated carbocycles. The highest BCUT2D eigenvalue weighted by Gasteiger charge is 2.27. The number of hydrogen-bond donors (Lipinski definition) is 2. The predicted octanol–water partition coefficient (Wildman–Crippen LogP) is 1.35. The van der Waals surface area contributed by atoms with Gasteiger partial charge in [-0.3, -0.25) is 14.9 Å². The Hall–Kier alpha value is -2.55. The topological polar surface area (TPSA) is 111 Å². The number of imide groups is 1. The Kier molecular flexibility index (Phi) is 9.21. The molecule has 0 radical (unpaired) electrons. The Balaban J connectivity index is 2.72. The van der Waals surface area contributed by atoms with E-state index in [1.165, 1.54) is 18.7 Å². The zero-order chi connectivity index (χ0) is 19.5. The first-order valence-corrected chi connectivity index (χ1v) is 9.22. The van der Waals surface area contributed by atoms with E-state index in [2.05, 4.69) is 10.1 Å². The van der Waals surface area contributed by atoms with E-state index in [0.29, 0.717) is 17.7 Å². The maximum Gasteiger partial charge on any atom is 0.413 e. The molecule has 3 amide bonds. The highest BCUT2D eigenvalue weighted by Crippen LogP contribution is 2.07. The lowest BCUT2D eigenvalue weighted by Crippen LogP contribution is -2.46. The van der Waals surface area contributed by atoms with Crippen LogP contribution in [0.4, 0.5) is 4.79 Å². The van der Waals surface area contributed by atoms with Crippen LogP contribution in [-0.2, 0) is 19.1 Å². The lowest BCUT2D eigenvalue weighted by molar-refractivity contribution is -0.156. The molecule has 0 fully saturated rings. The molecule has 0 unspecified atom stereocenters. The van der Waals surface area contributed by atoms with E-state index < -0.39 is 36.0 Å². The molecule has 0 aromatic heterocycles. The predicted molar refractivity (Wildman–Crippen MR) is 96.8 cm³/mol. The molecule has 26 heavy (non-hydrogen) atoms. The third kappa shape index (κ3) is 7.14. The zero-order valence-corrected chi connectivity index (χ0v) is 15.6. The molecular weight excluding hydrogens is 360 g/mol. The second-order valence-corrected chi connectivity index (χ2v) is 6.22. The number of methoxy groups -OCH3 is 1. The summed E-state index contributed by atoms with van der Waals surface area (Å²) in [6.45, 7) is 1.32. The highest BCUT2D eigenvalue weighted by atomic mass is 32.2. The summed E-state index contributed by atoms with van der Waals surface area (Å²) in [5, 5.41) is 4.53. The number of thioether (sulfide) groups is 1. The van der Waals surface area contributed by atoms with Crippen molar-refractivity contribution >= 4 is 35.6 Å². The van der Waals surface area contributed by atoms with Crippen molar-refractivity contribution in [3.8, 4) is 0 Å². The number of hydrogen-bond acceptors (Lipinski definition) is 7. The molecule has 0 aliphatic heterocycles. The molecular formula is C17H22N2O6S. The minimum Gasteiger partial charge on any atom is -0.453 e. The number of benzene rings is 1. The first kappa shape index (κ1) is 21.5. The number of ether oxygens (including phenoxy) is 2. The number of esters is 1. The van der Waals surface area contributed by atoms with Crippen LogP contribution in [0.15, 0.2) is 30.3 Å². The summed E-state index contributed by atoms with van der Waals surface area (Å²) in [6.07, 6.45) is 0.0406. The Labute approximate surface area is 156 Å². The quantitative estimate of drug-likeness (QED) is 0.653. The monoisotopic (exact) mass is 382 g/mol. The Morgan fingerprint density at radius 3 is 2.38 bits per heavy atom. The van der Waals surface area contributed by atoms with Crippen molar-refractivity contribution in [2.45, 2.75) is 25.5 Å². The average Bonchev–Trinajstić information content (AvgIpc) is 2.65. The van der Waals surface area contributed by atoms with Gasteiger partial charge in [-0.2, -0.15) is 11.8 Å². The van der Waals surface area contributed by atoms with E-state index in [1.807, 2.05) is 11.6 Å². The van der Waals surface area contributed by atoms with Crippen LogP contribution >= 0.6 is 11.8 Å². The van der Waals surface area contributed by atoms with E-state index in [4.69, 9.17) is 4.74 Å². The number of alkyl carbamates (subject to hydrolysis) is 1. The van der Waals surface area contributed by atoms with Crippen LogP contribution in [0.2, 0.25) is 0 Å². The van der Waals surface area contributed by atoms with Crippen molar-refractivity contribution in [2.75, 3.05) is 19.1 Å². The van der Waals surface area contributed by atoms with Gasteiger partial charge in [-0.25, -0.2) is 9.59 Å². The fourth-order valence-electron chi connectivity index (χ4n) is 1.88. The zero-order valence-electron chi connectivity index (χ0n) is 14.8. The number of carbonyl (C=O) groups is 4. The van der Waals surface area contributed by atoms with Crippen LogP contribution in [-0.4, -0.2) is 55.1 Å². The molecule has 1 aromatic carbocycles. The first-order valence-electron chi connectivity index (χ1n) is 7.83. The van der Waals surface area contributed by atoms with Gasteiger partial charge in [0.1, 0.15) is 6.04 Å². The lowest BCUT2D eigenvalue weighted by atomic mass is 10.1. The molecule has 1 rings (SSSR count). The van der Waals surface area contributed by atoms with Crippen molar-refractivity contribution in [2.24, 2.45) is 0 Å². The molecule has 1 aromatic rings. The second kappa shape index (κ2) is 11.1. The van der Waals surface area contributed by atoms with Crippen LogP contribution in [0.25, 0.3) is 0 Å². The van der Waals surface area contributed by atoms with Gasteiger partial charge in [-0.05, 0) is 37.5 Å².